The van der Waals surface area contributed by atoms with E-state index in [4.69, 9.17) is 0 Å². The number of hydrogen-bond donors (Lipinski definition) is 1. The molecule has 2 aliphatic rings. The minimum atomic E-state index is -0.629. The zero-order chi connectivity index (χ0) is 16.8. The Labute approximate surface area is 144 Å². The summed E-state index contributed by atoms with van der Waals surface area (Å²) < 4.78 is 0. The van der Waals surface area contributed by atoms with E-state index in [2.05, 4.69) is 33.4 Å². The summed E-state index contributed by atoms with van der Waals surface area (Å²) in [6.45, 7) is 2.25. The van der Waals surface area contributed by atoms with Gasteiger partial charge in [0.2, 0.25) is 5.91 Å². The molecule has 1 saturated carbocycles. The Bertz CT molecular complexity index is 589. The van der Waals surface area contributed by atoms with Crippen LogP contribution in [-0.4, -0.2) is 41.0 Å². The summed E-state index contributed by atoms with van der Waals surface area (Å²) in [6.07, 6.45) is 10.7. The SMILES string of the molecule is N#CC1(NC(=O)CN2CCC[C@H](c3ccncc3)C2)CCCCC1. The average molecular weight is 326 g/mol. The molecule has 0 bridgehead atoms. The van der Waals surface area contributed by atoms with Crippen molar-refractivity contribution in [3.05, 3.63) is 30.1 Å². The Balaban J connectivity index is 1.55. The van der Waals surface area contributed by atoms with Crippen molar-refractivity contribution < 1.29 is 4.79 Å². The van der Waals surface area contributed by atoms with Gasteiger partial charge in [0.25, 0.3) is 0 Å². The van der Waals surface area contributed by atoms with Gasteiger partial charge in [0.15, 0.2) is 0 Å². The predicted molar refractivity (Wildman–Crippen MR) is 92.2 cm³/mol. The van der Waals surface area contributed by atoms with Gasteiger partial charge in [-0.3, -0.25) is 14.7 Å². The molecule has 5 nitrogen and oxygen atoms in total. The van der Waals surface area contributed by atoms with Gasteiger partial charge in [0, 0.05) is 18.9 Å². The van der Waals surface area contributed by atoms with Crippen LogP contribution < -0.4 is 5.32 Å². The predicted octanol–water partition coefficient (Wildman–Crippen LogP) is 2.60. The van der Waals surface area contributed by atoms with Gasteiger partial charge >= 0.3 is 0 Å². The highest BCUT2D eigenvalue weighted by Gasteiger charge is 2.34. The lowest BCUT2D eigenvalue weighted by atomic mass is 9.83. The van der Waals surface area contributed by atoms with E-state index in [1.54, 1.807) is 0 Å². The molecule has 0 unspecified atom stereocenters. The Kier molecular flexibility index (Phi) is 5.47. The summed E-state index contributed by atoms with van der Waals surface area (Å²) in [7, 11) is 0. The fraction of sp³-hybridized carbons (Fsp3) is 0.632. The molecule has 0 radical (unpaired) electrons. The van der Waals surface area contributed by atoms with E-state index in [0.717, 1.165) is 51.6 Å². The van der Waals surface area contributed by atoms with Crippen LogP contribution in [0.3, 0.4) is 0 Å². The first-order chi connectivity index (χ1) is 11.7. The molecule has 1 saturated heterocycles. The van der Waals surface area contributed by atoms with Gasteiger partial charge in [-0.05, 0) is 55.8 Å². The van der Waals surface area contributed by atoms with Gasteiger partial charge in [0.1, 0.15) is 5.54 Å². The molecular formula is C19H26N4O. The number of nitriles is 1. The van der Waals surface area contributed by atoms with Crippen molar-refractivity contribution in [3.63, 3.8) is 0 Å². The molecule has 3 rings (SSSR count). The van der Waals surface area contributed by atoms with Gasteiger partial charge in [-0.1, -0.05) is 19.3 Å². The van der Waals surface area contributed by atoms with Gasteiger partial charge in [-0.15, -0.1) is 0 Å². The lowest BCUT2D eigenvalue weighted by Crippen LogP contribution is -2.52. The Morgan fingerprint density at radius 1 is 1.29 bits per heavy atom. The Hall–Kier alpha value is -1.93. The minimum Gasteiger partial charge on any atom is -0.337 e. The molecule has 1 atom stereocenters. The Morgan fingerprint density at radius 2 is 2.04 bits per heavy atom. The van der Waals surface area contributed by atoms with E-state index in [-0.39, 0.29) is 5.91 Å². The second-order valence-electron chi connectivity index (χ2n) is 7.16. The molecular weight excluding hydrogens is 300 g/mol. The third-order valence-electron chi connectivity index (χ3n) is 5.35. The lowest BCUT2D eigenvalue weighted by molar-refractivity contribution is -0.124. The van der Waals surface area contributed by atoms with Crippen molar-refractivity contribution in [2.75, 3.05) is 19.6 Å². The molecule has 0 aromatic carbocycles. The molecule has 1 aliphatic heterocycles. The maximum absolute atomic E-state index is 12.5. The third kappa shape index (κ3) is 4.12. The van der Waals surface area contributed by atoms with Crippen LogP contribution in [0.4, 0.5) is 0 Å². The summed E-state index contributed by atoms with van der Waals surface area (Å²) >= 11 is 0. The van der Waals surface area contributed by atoms with Crippen LogP contribution in [0, 0.1) is 11.3 Å². The average Bonchev–Trinajstić information content (AvgIpc) is 2.63. The van der Waals surface area contributed by atoms with Crippen LogP contribution in [0.1, 0.15) is 56.4 Å². The van der Waals surface area contributed by atoms with Crippen LogP contribution in [0.5, 0.6) is 0 Å². The van der Waals surface area contributed by atoms with E-state index < -0.39 is 5.54 Å². The number of piperidine rings is 1. The fourth-order valence-corrected chi connectivity index (χ4v) is 4.04. The highest BCUT2D eigenvalue weighted by molar-refractivity contribution is 5.79. The Morgan fingerprint density at radius 3 is 2.75 bits per heavy atom. The topological polar surface area (TPSA) is 69.0 Å². The summed E-state index contributed by atoms with van der Waals surface area (Å²) in [5.41, 5.74) is 0.672. The number of hydrogen-bond acceptors (Lipinski definition) is 4. The number of nitrogens with zero attached hydrogens (tertiary/aromatic N) is 3. The molecule has 128 valence electrons. The monoisotopic (exact) mass is 326 g/mol. The highest BCUT2D eigenvalue weighted by Crippen LogP contribution is 2.28. The van der Waals surface area contributed by atoms with Crippen molar-refractivity contribution >= 4 is 5.91 Å². The molecule has 1 N–H and O–H groups in total. The minimum absolute atomic E-state index is 0.00571. The normalized spacial score (nSPS) is 24.0. The van der Waals surface area contributed by atoms with Gasteiger partial charge in [-0.2, -0.15) is 5.26 Å². The van der Waals surface area contributed by atoms with Crippen molar-refractivity contribution in [2.45, 2.75) is 56.4 Å². The van der Waals surface area contributed by atoms with Crippen LogP contribution in [0.15, 0.2) is 24.5 Å². The van der Waals surface area contributed by atoms with Crippen LogP contribution >= 0.6 is 0 Å². The van der Waals surface area contributed by atoms with Crippen LogP contribution in [-0.2, 0) is 4.79 Å². The maximum atomic E-state index is 12.5. The molecule has 1 amide bonds. The first kappa shape index (κ1) is 16.9. The summed E-state index contributed by atoms with van der Waals surface area (Å²) in [4.78, 5) is 18.8. The number of amides is 1. The quantitative estimate of drug-likeness (QED) is 0.923. The zero-order valence-corrected chi connectivity index (χ0v) is 14.2. The maximum Gasteiger partial charge on any atom is 0.235 e. The number of pyridine rings is 1. The summed E-state index contributed by atoms with van der Waals surface area (Å²) in [6, 6.07) is 6.50. The van der Waals surface area contributed by atoms with E-state index in [1.165, 1.54) is 12.0 Å². The fourth-order valence-electron chi connectivity index (χ4n) is 4.04. The zero-order valence-electron chi connectivity index (χ0n) is 14.2. The second-order valence-corrected chi connectivity index (χ2v) is 7.16. The van der Waals surface area contributed by atoms with Gasteiger partial charge in [-0.25, -0.2) is 0 Å². The third-order valence-corrected chi connectivity index (χ3v) is 5.35. The standard InChI is InChI=1S/C19H26N4O/c20-15-19(8-2-1-3-9-19)22-18(24)14-23-12-4-5-17(13-23)16-6-10-21-11-7-16/h6-7,10-11,17H,1-5,8-9,12-14H2,(H,22,24)/t17-/m0/s1. The lowest BCUT2D eigenvalue weighted by Gasteiger charge is -2.35. The van der Waals surface area contributed by atoms with Gasteiger partial charge < -0.3 is 5.32 Å². The number of rotatable bonds is 4. The molecule has 1 aliphatic carbocycles. The van der Waals surface area contributed by atoms with Crippen LogP contribution in [0.25, 0.3) is 0 Å². The molecule has 2 heterocycles. The smallest absolute Gasteiger partial charge is 0.235 e. The van der Waals surface area contributed by atoms with Crippen LogP contribution in [0.2, 0.25) is 0 Å². The van der Waals surface area contributed by atoms with E-state index in [0.29, 0.717) is 12.5 Å². The number of aromatic nitrogens is 1. The van der Waals surface area contributed by atoms with Crippen molar-refractivity contribution in [2.24, 2.45) is 0 Å². The van der Waals surface area contributed by atoms with Crippen molar-refractivity contribution in [1.82, 2.24) is 15.2 Å². The van der Waals surface area contributed by atoms with Gasteiger partial charge in [0.05, 0.1) is 12.6 Å². The number of likely N-dealkylation sites (tertiary alicyclic amines) is 1. The summed E-state index contributed by atoms with van der Waals surface area (Å²) in [5.74, 6) is 0.461. The summed E-state index contributed by atoms with van der Waals surface area (Å²) in [5, 5.41) is 12.5. The first-order valence-electron chi connectivity index (χ1n) is 9.05. The molecule has 24 heavy (non-hydrogen) atoms. The molecule has 2 fully saturated rings. The molecule has 1 aromatic rings. The highest BCUT2D eigenvalue weighted by atomic mass is 16.2. The molecule has 0 spiro atoms. The number of nitrogens with one attached hydrogen (secondary N) is 1. The number of carbonyl (C=O) groups is 1. The largest absolute Gasteiger partial charge is 0.337 e. The second kappa shape index (κ2) is 7.76. The molecule has 1 aromatic heterocycles. The first-order valence-corrected chi connectivity index (χ1v) is 9.05. The van der Waals surface area contributed by atoms with E-state index >= 15 is 0 Å². The molecule has 5 heteroatoms. The van der Waals surface area contributed by atoms with Crippen molar-refractivity contribution in [3.8, 4) is 6.07 Å². The van der Waals surface area contributed by atoms with Crippen molar-refractivity contribution in [1.29, 1.82) is 5.26 Å². The van der Waals surface area contributed by atoms with E-state index in [1.807, 2.05) is 12.4 Å². The van der Waals surface area contributed by atoms with E-state index in [9.17, 15) is 10.1 Å². The number of carbonyl (C=O) groups excluding carboxylic acids is 1.